The fraction of sp³-hybridized carbons (Fsp3) is 0.294. The Bertz CT molecular complexity index is 654. The van der Waals surface area contributed by atoms with Gasteiger partial charge in [0, 0.05) is 4.88 Å². The van der Waals surface area contributed by atoms with Gasteiger partial charge in [0.1, 0.15) is 5.75 Å². The van der Waals surface area contributed by atoms with Gasteiger partial charge in [-0.25, -0.2) is 0 Å². The Morgan fingerprint density at radius 2 is 2.09 bits per heavy atom. The van der Waals surface area contributed by atoms with E-state index in [1.807, 2.05) is 42.6 Å². The zero-order valence-corrected chi connectivity index (χ0v) is 13.9. The molecule has 0 aliphatic heterocycles. The van der Waals surface area contributed by atoms with Crippen molar-refractivity contribution in [3.8, 4) is 5.75 Å². The molecule has 0 saturated heterocycles. The molecule has 1 heterocycles. The summed E-state index contributed by atoms with van der Waals surface area (Å²) in [7, 11) is 1.33. The molecule has 1 amide bonds. The minimum absolute atomic E-state index is 0.0905. The molecule has 0 aliphatic carbocycles. The number of hydrogen-bond donors (Lipinski definition) is 1. The minimum atomic E-state index is -0.406. The van der Waals surface area contributed by atoms with E-state index >= 15 is 0 Å². The molecule has 0 radical (unpaired) electrons. The molecule has 1 aromatic heterocycles. The maximum absolute atomic E-state index is 12.1. The summed E-state index contributed by atoms with van der Waals surface area (Å²) >= 11 is 1.48. The van der Waals surface area contributed by atoms with Gasteiger partial charge in [0.05, 0.1) is 19.6 Å². The average Bonchev–Trinajstić information content (AvgIpc) is 3.06. The van der Waals surface area contributed by atoms with E-state index in [1.54, 1.807) is 6.07 Å². The van der Waals surface area contributed by atoms with Crippen LogP contribution in [0.25, 0.3) is 0 Å². The molecular formula is C17H19NO4S. The summed E-state index contributed by atoms with van der Waals surface area (Å²) < 4.78 is 10.2. The van der Waals surface area contributed by atoms with Crippen molar-refractivity contribution in [3.05, 3.63) is 52.2 Å². The minimum Gasteiger partial charge on any atom is -0.484 e. The van der Waals surface area contributed by atoms with Crippen LogP contribution < -0.4 is 10.1 Å². The monoisotopic (exact) mass is 333 g/mol. The standard InChI is InChI=1S/C17H19NO4S/c1-12-5-3-6-13(9-12)22-11-16(19)18-14(10-17(20)21-2)15-7-4-8-23-15/h3-9,14H,10-11H2,1-2H3,(H,18,19)/t14-/m1/s1. The van der Waals surface area contributed by atoms with Gasteiger partial charge in [0.25, 0.3) is 5.91 Å². The molecule has 1 N–H and O–H groups in total. The van der Waals surface area contributed by atoms with Gasteiger partial charge in [-0.2, -0.15) is 0 Å². The number of aryl methyl sites for hydroxylation is 1. The van der Waals surface area contributed by atoms with E-state index < -0.39 is 6.04 Å². The van der Waals surface area contributed by atoms with Crippen LogP contribution in [0.1, 0.15) is 22.9 Å². The summed E-state index contributed by atoms with van der Waals surface area (Å²) in [5, 5.41) is 4.71. The van der Waals surface area contributed by atoms with Crippen molar-refractivity contribution in [1.82, 2.24) is 5.32 Å². The molecule has 0 aliphatic rings. The van der Waals surface area contributed by atoms with Crippen LogP contribution in [-0.4, -0.2) is 25.6 Å². The lowest BCUT2D eigenvalue weighted by Gasteiger charge is -2.16. The predicted octanol–water partition coefficient (Wildman–Crippen LogP) is 2.86. The van der Waals surface area contributed by atoms with Crippen LogP contribution in [0.2, 0.25) is 0 Å². The van der Waals surface area contributed by atoms with Crippen molar-refractivity contribution in [2.75, 3.05) is 13.7 Å². The number of thiophene rings is 1. The second-order valence-electron chi connectivity index (χ2n) is 5.02. The molecule has 1 aromatic carbocycles. The smallest absolute Gasteiger partial charge is 0.307 e. The van der Waals surface area contributed by atoms with Gasteiger partial charge in [-0.1, -0.05) is 18.2 Å². The number of hydrogen-bond acceptors (Lipinski definition) is 5. The van der Waals surface area contributed by atoms with E-state index in [0.717, 1.165) is 10.4 Å². The van der Waals surface area contributed by atoms with Crippen LogP contribution in [0.5, 0.6) is 5.75 Å². The number of methoxy groups -OCH3 is 1. The second-order valence-corrected chi connectivity index (χ2v) is 6.00. The molecule has 2 aromatic rings. The third kappa shape index (κ3) is 5.41. The van der Waals surface area contributed by atoms with Crippen LogP contribution in [0.15, 0.2) is 41.8 Å². The number of esters is 1. The normalized spacial score (nSPS) is 11.6. The number of amides is 1. The van der Waals surface area contributed by atoms with Crippen molar-refractivity contribution >= 4 is 23.2 Å². The Morgan fingerprint density at radius 3 is 2.74 bits per heavy atom. The lowest BCUT2D eigenvalue weighted by atomic mass is 10.1. The summed E-state index contributed by atoms with van der Waals surface area (Å²) in [4.78, 5) is 24.5. The third-order valence-electron chi connectivity index (χ3n) is 3.18. The second kappa shape index (κ2) is 8.33. The highest BCUT2D eigenvalue weighted by molar-refractivity contribution is 7.10. The SMILES string of the molecule is COC(=O)C[C@@H](NC(=O)COc1cccc(C)c1)c1cccs1. The number of carbonyl (C=O) groups is 2. The van der Waals surface area contributed by atoms with Gasteiger partial charge in [0.2, 0.25) is 0 Å². The van der Waals surface area contributed by atoms with Crippen LogP contribution in [0, 0.1) is 6.92 Å². The Labute approximate surface area is 139 Å². The highest BCUT2D eigenvalue weighted by atomic mass is 32.1. The average molecular weight is 333 g/mol. The highest BCUT2D eigenvalue weighted by Gasteiger charge is 2.20. The number of carbonyl (C=O) groups excluding carboxylic acids is 2. The van der Waals surface area contributed by atoms with Crippen molar-refractivity contribution < 1.29 is 19.1 Å². The van der Waals surface area contributed by atoms with Crippen LogP contribution >= 0.6 is 11.3 Å². The predicted molar refractivity (Wildman–Crippen MR) is 88.5 cm³/mol. The number of rotatable bonds is 7. The van der Waals surface area contributed by atoms with Crippen molar-refractivity contribution in [2.24, 2.45) is 0 Å². The largest absolute Gasteiger partial charge is 0.484 e. The summed E-state index contributed by atoms with van der Waals surface area (Å²) in [6.07, 6.45) is 0.0905. The highest BCUT2D eigenvalue weighted by Crippen LogP contribution is 2.22. The van der Waals surface area contributed by atoms with Crippen molar-refractivity contribution in [1.29, 1.82) is 0 Å². The maximum atomic E-state index is 12.1. The molecule has 0 spiro atoms. The zero-order valence-electron chi connectivity index (χ0n) is 13.1. The Hall–Kier alpha value is -2.34. The number of ether oxygens (including phenoxy) is 2. The Morgan fingerprint density at radius 1 is 1.26 bits per heavy atom. The molecule has 6 heteroatoms. The lowest BCUT2D eigenvalue weighted by molar-refractivity contribution is -0.141. The Balaban J connectivity index is 1.93. The number of benzene rings is 1. The van der Waals surface area contributed by atoms with Gasteiger partial charge >= 0.3 is 5.97 Å². The van der Waals surface area contributed by atoms with E-state index in [2.05, 4.69) is 10.1 Å². The molecule has 23 heavy (non-hydrogen) atoms. The first-order valence-electron chi connectivity index (χ1n) is 7.17. The van der Waals surface area contributed by atoms with E-state index in [-0.39, 0.29) is 24.9 Å². The summed E-state index contributed by atoms with van der Waals surface area (Å²) in [5.41, 5.74) is 1.06. The summed E-state index contributed by atoms with van der Waals surface area (Å²) in [5.74, 6) is -0.0158. The fourth-order valence-corrected chi connectivity index (χ4v) is 2.83. The maximum Gasteiger partial charge on any atom is 0.307 e. The molecule has 0 saturated carbocycles. The van der Waals surface area contributed by atoms with Crippen LogP contribution in [-0.2, 0) is 14.3 Å². The van der Waals surface area contributed by atoms with Gasteiger partial charge in [-0.15, -0.1) is 11.3 Å². The third-order valence-corrected chi connectivity index (χ3v) is 4.17. The quantitative estimate of drug-likeness (QED) is 0.791. The summed E-state index contributed by atoms with van der Waals surface area (Å²) in [6.45, 7) is 1.85. The molecule has 0 bridgehead atoms. The van der Waals surface area contributed by atoms with Crippen molar-refractivity contribution in [2.45, 2.75) is 19.4 Å². The van der Waals surface area contributed by atoms with Gasteiger partial charge < -0.3 is 14.8 Å². The molecular weight excluding hydrogens is 314 g/mol. The topological polar surface area (TPSA) is 64.6 Å². The van der Waals surface area contributed by atoms with Crippen molar-refractivity contribution in [3.63, 3.8) is 0 Å². The van der Waals surface area contributed by atoms with E-state index in [9.17, 15) is 9.59 Å². The molecule has 1 atom stereocenters. The summed E-state index contributed by atoms with van der Waals surface area (Å²) in [6, 6.07) is 10.8. The van der Waals surface area contributed by atoms with E-state index in [1.165, 1.54) is 18.4 Å². The molecule has 5 nitrogen and oxygen atoms in total. The first kappa shape index (κ1) is 17.0. The Kier molecular flexibility index (Phi) is 6.17. The van der Waals surface area contributed by atoms with Gasteiger partial charge in [-0.05, 0) is 36.1 Å². The van der Waals surface area contributed by atoms with E-state index in [4.69, 9.17) is 4.74 Å². The fourth-order valence-electron chi connectivity index (χ4n) is 2.05. The first-order valence-corrected chi connectivity index (χ1v) is 8.05. The van der Waals surface area contributed by atoms with Crippen LogP contribution in [0.3, 0.4) is 0 Å². The van der Waals surface area contributed by atoms with Gasteiger partial charge in [0.15, 0.2) is 6.61 Å². The molecule has 122 valence electrons. The molecule has 0 fully saturated rings. The number of nitrogens with one attached hydrogen (secondary N) is 1. The first-order chi connectivity index (χ1) is 11.1. The van der Waals surface area contributed by atoms with Crippen LogP contribution in [0.4, 0.5) is 0 Å². The lowest BCUT2D eigenvalue weighted by Crippen LogP contribution is -2.33. The molecule has 0 unspecified atom stereocenters. The zero-order chi connectivity index (χ0) is 16.7. The van der Waals surface area contributed by atoms with E-state index in [0.29, 0.717) is 5.75 Å². The van der Waals surface area contributed by atoms with Gasteiger partial charge in [-0.3, -0.25) is 9.59 Å². The molecule has 2 rings (SSSR count).